The van der Waals surface area contributed by atoms with Gasteiger partial charge in [0.2, 0.25) is 0 Å². The van der Waals surface area contributed by atoms with Gasteiger partial charge in [-0.3, -0.25) is 9.59 Å². The number of carboxylic acids is 2. The standard InChI is InChI=1S/C8H14O4S/c1-3-5(6(9)10)8(13,4-2)7(11)12/h5,13H,3-4H2,1-2H3,(H,9,10)(H,11,12). The molecule has 0 bridgehead atoms. The highest BCUT2D eigenvalue weighted by atomic mass is 32.1. The lowest BCUT2D eigenvalue weighted by Crippen LogP contribution is -2.43. The third-order valence-electron chi connectivity index (χ3n) is 2.19. The van der Waals surface area contributed by atoms with Crippen molar-refractivity contribution in [3.63, 3.8) is 0 Å². The Labute approximate surface area is 82.4 Å². The first-order valence-electron chi connectivity index (χ1n) is 4.08. The molecule has 2 unspecified atom stereocenters. The topological polar surface area (TPSA) is 74.6 Å². The highest BCUT2D eigenvalue weighted by Crippen LogP contribution is 2.31. The molecule has 2 atom stereocenters. The number of carboxylic acid groups (broad SMARTS) is 2. The van der Waals surface area contributed by atoms with E-state index in [4.69, 9.17) is 10.2 Å². The van der Waals surface area contributed by atoms with Gasteiger partial charge < -0.3 is 10.2 Å². The van der Waals surface area contributed by atoms with Crippen molar-refractivity contribution in [1.82, 2.24) is 0 Å². The Kier molecular flexibility index (Phi) is 4.26. The van der Waals surface area contributed by atoms with E-state index in [1.165, 1.54) is 0 Å². The van der Waals surface area contributed by atoms with Gasteiger partial charge in [-0.15, -0.1) is 0 Å². The number of hydrogen-bond acceptors (Lipinski definition) is 3. The van der Waals surface area contributed by atoms with E-state index in [9.17, 15) is 9.59 Å². The average molecular weight is 206 g/mol. The van der Waals surface area contributed by atoms with Crippen LogP contribution in [0.2, 0.25) is 0 Å². The van der Waals surface area contributed by atoms with Crippen molar-refractivity contribution < 1.29 is 19.8 Å². The zero-order valence-electron chi connectivity index (χ0n) is 7.65. The Bertz CT molecular complexity index is 216. The van der Waals surface area contributed by atoms with Gasteiger partial charge in [0, 0.05) is 0 Å². The summed E-state index contributed by atoms with van der Waals surface area (Å²) in [5.41, 5.74) is 0. The van der Waals surface area contributed by atoms with Gasteiger partial charge in [0.1, 0.15) is 4.75 Å². The molecule has 0 aliphatic carbocycles. The summed E-state index contributed by atoms with van der Waals surface area (Å²) in [6.07, 6.45) is 0.454. The molecule has 2 N–H and O–H groups in total. The maximum absolute atomic E-state index is 10.8. The molecular weight excluding hydrogens is 192 g/mol. The minimum absolute atomic E-state index is 0.191. The van der Waals surface area contributed by atoms with E-state index in [0.29, 0.717) is 0 Å². The Morgan fingerprint density at radius 3 is 1.92 bits per heavy atom. The normalized spacial score (nSPS) is 17.5. The van der Waals surface area contributed by atoms with Gasteiger partial charge in [-0.25, -0.2) is 0 Å². The summed E-state index contributed by atoms with van der Waals surface area (Å²) >= 11 is 3.95. The van der Waals surface area contributed by atoms with Crippen molar-refractivity contribution >= 4 is 24.6 Å². The third-order valence-corrected chi connectivity index (χ3v) is 3.01. The van der Waals surface area contributed by atoms with Gasteiger partial charge in [0.15, 0.2) is 0 Å². The second-order valence-electron chi connectivity index (χ2n) is 2.88. The minimum atomic E-state index is -1.46. The Hall–Kier alpha value is -0.710. The SMILES string of the molecule is CCC(C(=O)O)C(S)(CC)C(=O)O. The molecule has 0 rings (SSSR count). The van der Waals surface area contributed by atoms with Gasteiger partial charge in [-0.05, 0) is 12.8 Å². The van der Waals surface area contributed by atoms with Crippen LogP contribution in [0.15, 0.2) is 0 Å². The lowest BCUT2D eigenvalue weighted by Gasteiger charge is -2.27. The molecule has 0 radical (unpaired) electrons. The lowest BCUT2D eigenvalue weighted by atomic mass is 9.87. The second kappa shape index (κ2) is 4.50. The highest BCUT2D eigenvalue weighted by Gasteiger charge is 2.44. The molecule has 0 fully saturated rings. The highest BCUT2D eigenvalue weighted by molar-refractivity contribution is 7.82. The van der Waals surface area contributed by atoms with E-state index in [0.717, 1.165) is 0 Å². The van der Waals surface area contributed by atoms with E-state index < -0.39 is 22.6 Å². The van der Waals surface area contributed by atoms with Crippen LogP contribution in [0, 0.1) is 5.92 Å². The molecule has 76 valence electrons. The molecule has 13 heavy (non-hydrogen) atoms. The average Bonchev–Trinajstić information content (AvgIpc) is 2.04. The number of carbonyl (C=O) groups is 2. The van der Waals surface area contributed by atoms with Gasteiger partial charge in [-0.1, -0.05) is 13.8 Å². The molecule has 0 spiro atoms. The molecule has 0 aromatic rings. The van der Waals surface area contributed by atoms with Gasteiger partial charge in [-0.2, -0.15) is 12.6 Å². The monoisotopic (exact) mass is 206 g/mol. The predicted octanol–water partition coefficient (Wildman–Crippen LogP) is 1.26. The molecule has 0 heterocycles. The molecule has 0 saturated heterocycles. The van der Waals surface area contributed by atoms with Crippen molar-refractivity contribution in [1.29, 1.82) is 0 Å². The first-order valence-corrected chi connectivity index (χ1v) is 4.53. The number of thiol groups is 1. The van der Waals surface area contributed by atoms with Crippen molar-refractivity contribution in [3.05, 3.63) is 0 Å². The first kappa shape index (κ1) is 12.3. The molecule has 0 aromatic carbocycles. The molecule has 0 aliphatic rings. The Morgan fingerprint density at radius 2 is 1.85 bits per heavy atom. The summed E-state index contributed by atoms with van der Waals surface area (Å²) in [4.78, 5) is 21.5. The van der Waals surface area contributed by atoms with Crippen molar-refractivity contribution in [3.8, 4) is 0 Å². The largest absolute Gasteiger partial charge is 0.481 e. The summed E-state index contributed by atoms with van der Waals surface area (Å²) < 4.78 is -1.46. The van der Waals surface area contributed by atoms with Crippen LogP contribution in [0.4, 0.5) is 0 Å². The number of hydrogen-bond donors (Lipinski definition) is 3. The zero-order chi connectivity index (χ0) is 10.6. The zero-order valence-corrected chi connectivity index (χ0v) is 8.54. The van der Waals surface area contributed by atoms with E-state index >= 15 is 0 Å². The van der Waals surface area contributed by atoms with Gasteiger partial charge >= 0.3 is 11.9 Å². The van der Waals surface area contributed by atoms with Crippen molar-refractivity contribution in [2.75, 3.05) is 0 Å². The lowest BCUT2D eigenvalue weighted by molar-refractivity contribution is -0.151. The maximum Gasteiger partial charge on any atom is 0.320 e. The summed E-state index contributed by atoms with van der Waals surface area (Å²) in [5, 5.41) is 17.6. The molecule has 0 saturated carbocycles. The van der Waals surface area contributed by atoms with Crippen molar-refractivity contribution in [2.45, 2.75) is 31.4 Å². The molecule has 5 heteroatoms. The van der Waals surface area contributed by atoms with E-state index in [-0.39, 0.29) is 12.8 Å². The van der Waals surface area contributed by atoms with Crippen LogP contribution < -0.4 is 0 Å². The van der Waals surface area contributed by atoms with Crippen LogP contribution >= 0.6 is 12.6 Å². The molecule has 0 amide bonds. The predicted molar refractivity (Wildman–Crippen MR) is 51.1 cm³/mol. The third kappa shape index (κ3) is 2.37. The molecule has 4 nitrogen and oxygen atoms in total. The van der Waals surface area contributed by atoms with Gasteiger partial charge in [0.05, 0.1) is 5.92 Å². The van der Waals surface area contributed by atoms with Crippen LogP contribution in [0.25, 0.3) is 0 Å². The molecule has 0 aromatic heterocycles. The minimum Gasteiger partial charge on any atom is -0.481 e. The molecular formula is C8H14O4S. The summed E-state index contributed by atoms with van der Waals surface area (Å²) in [6.45, 7) is 3.26. The van der Waals surface area contributed by atoms with Crippen LogP contribution in [-0.2, 0) is 9.59 Å². The summed E-state index contributed by atoms with van der Waals surface area (Å²) in [5.74, 6) is -3.23. The quantitative estimate of drug-likeness (QED) is 0.592. The van der Waals surface area contributed by atoms with E-state index in [1.54, 1.807) is 13.8 Å². The fraction of sp³-hybridized carbons (Fsp3) is 0.750. The Morgan fingerprint density at radius 1 is 1.38 bits per heavy atom. The first-order chi connectivity index (χ1) is 5.90. The van der Waals surface area contributed by atoms with Crippen LogP contribution in [-0.4, -0.2) is 26.9 Å². The van der Waals surface area contributed by atoms with E-state index in [2.05, 4.69) is 12.6 Å². The Balaban J connectivity index is 4.91. The number of aliphatic carboxylic acids is 2. The fourth-order valence-electron chi connectivity index (χ4n) is 1.26. The van der Waals surface area contributed by atoms with Crippen LogP contribution in [0.3, 0.4) is 0 Å². The number of rotatable bonds is 5. The molecule has 0 aliphatic heterocycles. The van der Waals surface area contributed by atoms with Crippen LogP contribution in [0.5, 0.6) is 0 Å². The van der Waals surface area contributed by atoms with Crippen molar-refractivity contribution in [2.24, 2.45) is 5.92 Å². The smallest absolute Gasteiger partial charge is 0.320 e. The second-order valence-corrected chi connectivity index (χ2v) is 3.68. The fourth-order valence-corrected chi connectivity index (χ4v) is 1.56. The van der Waals surface area contributed by atoms with Gasteiger partial charge in [0.25, 0.3) is 0 Å². The summed E-state index contributed by atoms with van der Waals surface area (Å²) in [6, 6.07) is 0. The summed E-state index contributed by atoms with van der Waals surface area (Å²) in [7, 11) is 0. The van der Waals surface area contributed by atoms with E-state index in [1.807, 2.05) is 0 Å². The maximum atomic E-state index is 10.8. The van der Waals surface area contributed by atoms with Crippen LogP contribution in [0.1, 0.15) is 26.7 Å².